The van der Waals surface area contributed by atoms with Crippen molar-refractivity contribution in [2.75, 3.05) is 0 Å². The number of fused-ring (bicyclic) bond motifs is 5. The molecular weight excluding hydrogens is 376 g/mol. The van der Waals surface area contributed by atoms with Crippen molar-refractivity contribution >= 4 is 17.5 Å². The van der Waals surface area contributed by atoms with Crippen LogP contribution in [0.15, 0.2) is 23.8 Å². The van der Waals surface area contributed by atoms with E-state index in [2.05, 4.69) is 13.5 Å². The van der Waals surface area contributed by atoms with E-state index in [1.807, 2.05) is 13.0 Å². The molecule has 6 atom stereocenters. The largest absolute Gasteiger partial charge is 0.446 e. The van der Waals surface area contributed by atoms with Gasteiger partial charge in [0.1, 0.15) is 0 Å². The zero-order valence-corrected chi connectivity index (χ0v) is 18.8. The molecule has 4 aliphatic rings. The lowest BCUT2D eigenvalue weighted by molar-refractivity contribution is -0.185. The second-order valence-electron chi connectivity index (χ2n) is 10.1. The maximum absolute atomic E-state index is 13.2. The van der Waals surface area contributed by atoms with Crippen LogP contribution in [0.3, 0.4) is 0 Å². The first-order valence-electron chi connectivity index (χ1n) is 11.9. The Bertz CT molecular complexity index is 808. The smallest absolute Gasteiger partial charge is 0.307 e. The van der Waals surface area contributed by atoms with Crippen LogP contribution in [0.2, 0.25) is 0 Å². The third-order valence-corrected chi connectivity index (χ3v) is 9.02. The molecule has 0 N–H and O–H groups in total. The first-order valence-corrected chi connectivity index (χ1v) is 11.9. The van der Waals surface area contributed by atoms with Gasteiger partial charge in [-0.2, -0.15) is 0 Å². The second kappa shape index (κ2) is 7.76. The molecule has 3 saturated carbocycles. The fourth-order valence-corrected chi connectivity index (χ4v) is 7.90. The van der Waals surface area contributed by atoms with Crippen LogP contribution in [0.1, 0.15) is 85.0 Å². The van der Waals surface area contributed by atoms with Crippen molar-refractivity contribution in [3.8, 4) is 0 Å². The minimum Gasteiger partial charge on any atom is -0.446 e. The van der Waals surface area contributed by atoms with Crippen molar-refractivity contribution in [3.63, 3.8) is 0 Å². The molecule has 164 valence electrons. The lowest BCUT2D eigenvalue weighted by Crippen LogP contribution is -2.59. The Balaban J connectivity index is 1.72. The van der Waals surface area contributed by atoms with Crippen LogP contribution in [0.25, 0.3) is 0 Å². The molecule has 0 saturated heterocycles. The quantitative estimate of drug-likeness (QED) is 0.451. The van der Waals surface area contributed by atoms with Gasteiger partial charge in [0.25, 0.3) is 0 Å². The summed E-state index contributed by atoms with van der Waals surface area (Å²) >= 11 is 0. The molecule has 0 aromatic heterocycles. The minimum absolute atomic E-state index is 0.0561. The van der Waals surface area contributed by atoms with E-state index >= 15 is 0 Å². The van der Waals surface area contributed by atoms with E-state index < -0.39 is 5.60 Å². The van der Waals surface area contributed by atoms with Gasteiger partial charge in [0.2, 0.25) is 0 Å². The van der Waals surface area contributed by atoms with Crippen molar-refractivity contribution < 1.29 is 19.1 Å². The van der Waals surface area contributed by atoms with E-state index in [0.717, 1.165) is 50.5 Å². The van der Waals surface area contributed by atoms with Gasteiger partial charge < -0.3 is 4.74 Å². The molecule has 0 aliphatic heterocycles. The van der Waals surface area contributed by atoms with Crippen LogP contribution >= 0.6 is 0 Å². The standard InChI is InChI=1S/C26H36O4/c1-5-7-24(29)30-26(17(4)27)16(3)14-23-22-10-8-18-15-19(28)9-11-20(18)21(22)12-13-25(23,26)6-2/h15,20-23H,3,5-14H2,1-2,4H3/t20-,21+,22+,23-,25-,26+/m0/s1. The van der Waals surface area contributed by atoms with E-state index in [9.17, 15) is 14.4 Å². The van der Waals surface area contributed by atoms with Crippen molar-refractivity contribution in [1.29, 1.82) is 0 Å². The minimum atomic E-state index is -1.16. The van der Waals surface area contributed by atoms with Gasteiger partial charge in [-0.15, -0.1) is 0 Å². The van der Waals surface area contributed by atoms with Gasteiger partial charge in [-0.3, -0.25) is 14.4 Å². The van der Waals surface area contributed by atoms with E-state index in [0.29, 0.717) is 42.9 Å². The van der Waals surface area contributed by atoms with Crippen molar-refractivity contribution in [3.05, 3.63) is 23.8 Å². The SMILES string of the molecule is C=C1C[C@H]2[C@@H]3CCC4=CC(=O)CC[C@@H]4[C@H]3CC[C@]2(CC)[C@]1(OC(=O)CCC)C(C)=O. The number of rotatable bonds is 5. The molecule has 4 nitrogen and oxygen atoms in total. The summed E-state index contributed by atoms with van der Waals surface area (Å²) in [5, 5.41) is 0. The first kappa shape index (κ1) is 21.5. The molecule has 0 aromatic carbocycles. The summed E-state index contributed by atoms with van der Waals surface area (Å²) in [7, 11) is 0. The number of ketones is 2. The average Bonchev–Trinajstić information content (AvgIpc) is 2.97. The summed E-state index contributed by atoms with van der Waals surface area (Å²) in [4.78, 5) is 37.8. The van der Waals surface area contributed by atoms with Crippen molar-refractivity contribution in [2.24, 2.45) is 29.1 Å². The number of Topliss-reactive ketones (excluding diaryl/α,β-unsaturated/α-hetero) is 1. The summed E-state index contributed by atoms with van der Waals surface area (Å²) in [5.41, 5.74) is 0.668. The predicted octanol–water partition coefficient (Wildman–Crippen LogP) is 5.36. The lowest BCUT2D eigenvalue weighted by Gasteiger charge is -2.56. The molecule has 3 fully saturated rings. The van der Waals surface area contributed by atoms with Gasteiger partial charge in [0, 0.05) is 18.3 Å². The van der Waals surface area contributed by atoms with Crippen LogP contribution in [-0.4, -0.2) is 23.1 Å². The molecule has 4 aliphatic carbocycles. The van der Waals surface area contributed by atoms with Crippen LogP contribution in [0.5, 0.6) is 0 Å². The van der Waals surface area contributed by atoms with E-state index in [1.165, 1.54) is 5.57 Å². The third-order valence-electron chi connectivity index (χ3n) is 9.02. The first-order chi connectivity index (χ1) is 14.3. The fourth-order valence-electron chi connectivity index (χ4n) is 7.90. The van der Waals surface area contributed by atoms with E-state index in [1.54, 1.807) is 6.92 Å². The summed E-state index contributed by atoms with van der Waals surface area (Å²) in [5.74, 6) is 1.88. The molecule has 0 unspecified atom stereocenters. The normalized spacial score (nSPS) is 40.2. The Morgan fingerprint density at radius 3 is 2.60 bits per heavy atom. The van der Waals surface area contributed by atoms with Crippen LogP contribution in [-0.2, 0) is 19.1 Å². The van der Waals surface area contributed by atoms with Crippen molar-refractivity contribution in [2.45, 2.75) is 90.6 Å². The van der Waals surface area contributed by atoms with Crippen molar-refractivity contribution in [1.82, 2.24) is 0 Å². The third kappa shape index (κ3) is 2.89. The highest BCUT2D eigenvalue weighted by atomic mass is 16.6. The van der Waals surface area contributed by atoms with Gasteiger partial charge in [0.15, 0.2) is 17.2 Å². The highest BCUT2D eigenvalue weighted by Gasteiger charge is 2.69. The summed E-state index contributed by atoms with van der Waals surface area (Å²) < 4.78 is 6.13. The zero-order valence-electron chi connectivity index (χ0n) is 18.8. The maximum Gasteiger partial charge on any atom is 0.307 e. The zero-order chi connectivity index (χ0) is 21.7. The molecule has 0 bridgehead atoms. The van der Waals surface area contributed by atoms with Crippen LogP contribution in [0, 0.1) is 29.1 Å². The van der Waals surface area contributed by atoms with Gasteiger partial charge in [0.05, 0.1) is 0 Å². The lowest BCUT2D eigenvalue weighted by atomic mass is 9.49. The van der Waals surface area contributed by atoms with E-state index in [-0.39, 0.29) is 23.0 Å². The van der Waals surface area contributed by atoms with Crippen LogP contribution < -0.4 is 0 Å². The number of hydrogen-bond acceptors (Lipinski definition) is 4. The van der Waals surface area contributed by atoms with Gasteiger partial charge >= 0.3 is 5.97 Å². The number of allylic oxidation sites excluding steroid dienone is 1. The maximum atomic E-state index is 13.2. The number of carbonyl (C=O) groups is 3. The molecule has 4 rings (SSSR count). The van der Waals surface area contributed by atoms with Crippen LogP contribution in [0.4, 0.5) is 0 Å². The Kier molecular flexibility index (Phi) is 5.57. The molecule has 0 heterocycles. The summed E-state index contributed by atoms with van der Waals surface area (Å²) in [6, 6.07) is 0. The summed E-state index contributed by atoms with van der Waals surface area (Å²) in [6.07, 6.45) is 10.2. The highest BCUT2D eigenvalue weighted by molar-refractivity contribution is 5.93. The van der Waals surface area contributed by atoms with Gasteiger partial charge in [-0.1, -0.05) is 26.0 Å². The predicted molar refractivity (Wildman–Crippen MR) is 116 cm³/mol. The monoisotopic (exact) mass is 412 g/mol. The Morgan fingerprint density at radius 2 is 1.93 bits per heavy atom. The molecular formula is C26H36O4. The summed E-state index contributed by atoms with van der Waals surface area (Å²) in [6.45, 7) is 10.0. The average molecular weight is 413 g/mol. The molecule has 0 spiro atoms. The molecule has 4 heteroatoms. The van der Waals surface area contributed by atoms with Gasteiger partial charge in [-0.25, -0.2) is 0 Å². The Labute approximate surface area is 180 Å². The number of esters is 1. The Hall–Kier alpha value is -1.71. The molecule has 30 heavy (non-hydrogen) atoms. The molecule has 0 aromatic rings. The van der Waals surface area contributed by atoms with Gasteiger partial charge in [-0.05, 0) is 93.6 Å². The second-order valence-corrected chi connectivity index (χ2v) is 10.1. The fraction of sp³-hybridized carbons (Fsp3) is 0.731. The molecule has 0 radical (unpaired) electrons. The Morgan fingerprint density at radius 1 is 1.17 bits per heavy atom. The number of hydrogen-bond donors (Lipinski definition) is 0. The molecule has 0 amide bonds. The topological polar surface area (TPSA) is 60.4 Å². The number of ether oxygens (including phenoxy) is 1. The highest BCUT2D eigenvalue weighted by Crippen LogP contribution is 2.68. The van der Waals surface area contributed by atoms with E-state index in [4.69, 9.17) is 4.74 Å². The number of carbonyl (C=O) groups excluding carboxylic acids is 3.